The summed E-state index contributed by atoms with van der Waals surface area (Å²) in [6, 6.07) is 6.63. The van der Waals surface area contributed by atoms with Crippen molar-refractivity contribution in [2.24, 2.45) is 0 Å². The molecule has 0 unspecified atom stereocenters. The number of benzene rings is 1. The molecule has 0 saturated heterocycles. The number of nitrogens with zero attached hydrogens (tertiary/aromatic N) is 1. The van der Waals surface area contributed by atoms with E-state index in [0.29, 0.717) is 12.1 Å². The van der Waals surface area contributed by atoms with Crippen LogP contribution in [0.25, 0.3) is 10.9 Å². The third kappa shape index (κ3) is 4.55. The van der Waals surface area contributed by atoms with Crippen LogP contribution in [0.4, 0.5) is 4.79 Å². The Hall–Kier alpha value is -2.30. The summed E-state index contributed by atoms with van der Waals surface area (Å²) < 4.78 is 0. The molecule has 0 atom stereocenters. The summed E-state index contributed by atoms with van der Waals surface area (Å²) in [5.74, 6) is 0. The van der Waals surface area contributed by atoms with Gasteiger partial charge >= 0.3 is 6.03 Å². The molecule has 5 nitrogen and oxygen atoms in total. The third-order valence-corrected chi connectivity index (χ3v) is 7.18. The van der Waals surface area contributed by atoms with Gasteiger partial charge in [0, 0.05) is 17.6 Å². The Bertz CT molecular complexity index is 953. The van der Waals surface area contributed by atoms with Gasteiger partial charge in [-0.1, -0.05) is 50.7 Å². The lowest BCUT2D eigenvalue weighted by atomic mass is 9.93. The quantitative estimate of drug-likeness (QED) is 0.717. The van der Waals surface area contributed by atoms with Crippen LogP contribution < -0.4 is 10.9 Å². The van der Waals surface area contributed by atoms with Crippen molar-refractivity contribution >= 4 is 16.9 Å². The number of rotatable bonds is 4. The zero-order valence-corrected chi connectivity index (χ0v) is 18.4. The fourth-order valence-corrected chi connectivity index (χ4v) is 5.13. The lowest BCUT2D eigenvalue weighted by molar-refractivity contribution is 0.145. The average Bonchev–Trinajstić information content (AvgIpc) is 2.76. The fourth-order valence-electron chi connectivity index (χ4n) is 5.13. The first-order valence-electron chi connectivity index (χ1n) is 11.7. The Balaban J connectivity index is 1.60. The summed E-state index contributed by atoms with van der Waals surface area (Å²) in [4.78, 5) is 31.2. The molecule has 0 bridgehead atoms. The second-order valence-electron chi connectivity index (χ2n) is 9.30. The zero-order valence-electron chi connectivity index (χ0n) is 18.4. The number of nitrogens with one attached hydrogen (secondary N) is 2. The van der Waals surface area contributed by atoms with Gasteiger partial charge < -0.3 is 15.2 Å². The molecule has 0 spiro atoms. The molecule has 1 aromatic heterocycles. The number of hydrogen-bond donors (Lipinski definition) is 2. The molecule has 2 saturated carbocycles. The Morgan fingerprint density at radius 1 is 1.03 bits per heavy atom. The molecule has 1 heterocycles. The Morgan fingerprint density at radius 2 is 1.70 bits per heavy atom. The van der Waals surface area contributed by atoms with Gasteiger partial charge in [-0.25, -0.2) is 4.79 Å². The molecule has 30 heavy (non-hydrogen) atoms. The van der Waals surface area contributed by atoms with Crippen molar-refractivity contribution in [1.29, 1.82) is 0 Å². The van der Waals surface area contributed by atoms with Gasteiger partial charge in [0.1, 0.15) is 0 Å². The smallest absolute Gasteiger partial charge is 0.318 e. The Labute approximate surface area is 179 Å². The second-order valence-corrected chi connectivity index (χ2v) is 9.30. The van der Waals surface area contributed by atoms with E-state index >= 15 is 0 Å². The Morgan fingerprint density at radius 3 is 2.40 bits per heavy atom. The summed E-state index contributed by atoms with van der Waals surface area (Å²) in [6.45, 7) is 4.47. The predicted octanol–water partition coefficient (Wildman–Crippen LogP) is 5.32. The molecule has 2 N–H and O–H groups in total. The van der Waals surface area contributed by atoms with Crippen LogP contribution >= 0.6 is 0 Å². The summed E-state index contributed by atoms with van der Waals surface area (Å²) in [6.07, 6.45) is 11.4. The third-order valence-electron chi connectivity index (χ3n) is 7.18. The first kappa shape index (κ1) is 21.0. The van der Waals surface area contributed by atoms with Gasteiger partial charge in [0.05, 0.1) is 12.1 Å². The van der Waals surface area contributed by atoms with Gasteiger partial charge in [-0.15, -0.1) is 0 Å². The number of fused-ring (bicyclic) bond motifs is 1. The van der Waals surface area contributed by atoms with Gasteiger partial charge in [-0.3, -0.25) is 4.79 Å². The van der Waals surface area contributed by atoms with E-state index in [1.807, 2.05) is 17.9 Å². The molecule has 0 radical (unpaired) electrons. The largest absolute Gasteiger partial charge is 0.335 e. The van der Waals surface area contributed by atoms with Crippen LogP contribution in [0, 0.1) is 13.8 Å². The number of H-pyrrole nitrogens is 1. The molecule has 162 valence electrons. The first-order chi connectivity index (χ1) is 14.5. The summed E-state index contributed by atoms with van der Waals surface area (Å²) in [5, 5.41) is 4.32. The number of hydrogen-bond acceptors (Lipinski definition) is 2. The van der Waals surface area contributed by atoms with Crippen molar-refractivity contribution in [2.75, 3.05) is 0 Å². The molecule has 0 aliphatic heterocycles. The van der Waals surface area contributed by atoms with Crippen molar-refractivity contribution in [2.45, 2.75) is 96.7 Å². The SMILES string of the molecule is Cc1ccc2cc(CN(C(=O)NC3CCCCC3)C3CCCCC3)c(=O)[nH]c2c1C. The minimum Gasteiger partial charge on any atom is -0.335 e. The molecule has 2 fully saturated rings. The minimum absolute atomic E-state index is 0.00776. The minimum atomic E-state index is -0.0810. The van der Waals surface area contributed by atoms with E-state index < -0.39 is 0 Å². The average molecular weight is 410 g/mol. The maximum atomic E-state index is 13.3. The number of aromatic nitrogens is 1. The molecule has 2 aromatic rings. The number of aryl methyl sites for hydroxylation is 2. The topological polar surface area (TPSA) is 65.2 Å². The highest BCUT2D eigenvalue weighted by atomic mass is 16.2. The van der Waals surface area contributed by atoms with Crippen molar-refractivity contribution in [3.8, 4) is 0 Å². The molecular formula is C25H35N3O2. The van der Waals surface area contributed by atoms with E-state index in [0.717, 1.165) is 55.0 Å². The van der Waals surface area contributed by atoms with E-state index in [4.69, 9.17) is 0 Å². The van der Waals surface area contributed by atoms with Crippen molar-refractivity contribution < 1.29 is 4.79 Å². The van der Waals surface area contributed by atoms with E-state index in [2.05, 4.69) is 29.4 Å². The van der Waals surface area contributed by atoms with Gasteiger partial charge in [0.25, 0.3) is 5.56 Å². The lowest BCUT2D eigenvalue weighted by Gasteiger charge is -2.36. The highest BCUT2D eigenvalue weighted by molar-refractivity contribution is 5.83. The van der Waals surface area contributed by atoms with E-state index in [9.17, 15) is 9.59 Å². The van der Waals surface area contributed by atoms with Crippen LogP contribution in [-0.4, -0.2) is 28.0 Å². The van der Waals surface area contributed by atoms with Crippen molar-refractivity contribution in [1.82, 2.24) is 15.2 Å². The van der Waals surface area contributed by atoms with Gasteiger partial charge in [-0.2, -0.15) is 0 Å². The first-order valence-corrected chi connectivity index (χ1v) is 11.7. The van der Waals surface area contributed by atoms with Gasteiger partial charge in [-0.05, 0) is 62.1 Å². The number of pyridine rings is 1. The monoisotopic (exact) mass is 409 g/mol. The molecule has 2 aliphatic carbocycles. The van der Waals surface area contributed by atoms with Crippen LogP contribution in [-0.2, 0) is 6.54 Å². The van der Waals surface area contributed by atoms with E-state index in [-0.39, 0.29) is 23.7 Å². The molecule has 4 rings (SSSR count). The lowest BCUT2D eigenvalue weighted by Crippen LogP contribution is -2.50. The number of amides is 2. The summed E-state index contributed by atoms with van der Waals surface area (Å²) in [5.41, 5.74) is 3.77. The van der Waals surface area contributed by atoms with E-state index in [1.54, 1.807) is 0 Å². The van der Waals surface area contributed by atoms with Crippen LogP contribution in [0.3, 0.4) is 0 Å². The molecule has 2 aliphatic rings. The van der Waals surface area contributed by atoms with Crippen molar-refractivity contribution in [3.05, 3.63) is 45.2 Å². The molecular weight excluding hydrogens is 374 g/mol. The van der Waals surface area contributed by atoms with Crippen LogP contribution in [0.15, 0.2) is 23.0 Å². The molecule has 1 aromatic carbocycles. The maximum absolute atomic E-state index is 13.3. The van der Waals surface area contributed by atoms with Gasteiger partial charge in [0.15, 0.2) is 0 Å². The van der Waals surface area contributed by atoms with Crippen LogP contribution in [0.5, 0.6) is 0 Å². The number of carbonyl (C=O) groups is 1. The van der Waals surface area contributed by atoms with E-state index in [1.165, 1.54) is 31.2 Å². The summed E-state index contributed by atoms with van der Waals surface area (Å²) >= 11 is 0. The highest BCUT2D eigenvalue weighted by Gasteiger charge is 2.28. The second kappa shape index (κ2) is 9.23. The van der Waals surface area contributed by atoms with Crippen LogP contribution in [0.1, 0.15) is 80.9 Å². The number of aromatic amines is 1. The predicted molar refractivity (Wildman–Crippen MR) is 122 cm³/mol. The summed E-state index contributed by atoms with van der Waals surface area (Å²) in [7, 11) is 0. The number of urea groups is 1. The van der Waals surface area contributed by atoms with Crippen molar-refractivity contribution in [3.63, 3.8) is 0 Å². The standard InChI is InChI=1S/C25H35N3O2/c1-17-13-14-19-15-20(24(29)27-23(19)18(17)2)16-28(22-11-7-4-8-12-22)25(30)26-21-9-5-3-6-10-21/h13-15,21-22H,3-12,16H2,1-2H3,(H,26,30)(H,27,29). The fraction of sp³-hybridized carbons (Fsp3) is 0.600. The van der Waals surface area contributed by atoms with Crippen LogP contribution in [0.2, 0.25) is 0 Å². The van der Waals surface area contributed by atoms with Gasteiger partial charge in [0.2, 0.25) is 0 Å². The Kier molecular flexibility index (Phi) is 6.45. The number of carbonyl (C=O) groups excluding carboxylic acids is 1. The highest BCUT2D eigenvalue weighted by Crippen LogP contribution is 2.26. The molecule has 2 amide bonds. The normalized spacial score (nSPS) is 18.5. The molecule has 5 heteroatoms. The maximum Gasteiger partial charge on any atom is 0.318 e. The zero-order chi connectivity index (χ0) is 21.1.